The third-order valence-corrected chi connectivity index (χ3v) is 5.29. The van der Waals surface area contributed by atoms with Crippen molar-refractivity contribution in [2.24, 2.45) is 0 Å². The van der Waals surface area contributed by atoms with Crippen LogP contribution >= 0.6 is 0 Å². The number of rotatable bonds is 7. The van der Waals surface area contributed by atoms with E-state index in [0.29, 0.717) is 25.2 Å². The van der Waals surface area contributed by atoms with Crippen LogP contribution in [0.1, 0.15) is 32.6 Å². The van der Waals surface area contributed by atoms with Gasteiger partial charge in [-0.15, -0.1) is 0 Å². The van der Waals surface area contributed by atoms with Crippen molar-refractivity contribution in [1.82, 2.24) is 4.90 Å². The van der Waals surface area contributed by atoms with Crippen LogP contribution in [0.4, 0.5) is 30.6 Å². The van der Waals surface area contributed by atoms with Gasteiger partial charge in [0.2, 0.25) is 5.91 Å². The molecule has 2 aromatic carbocycles. The zero-order valence-corrected chi connectivity index (χ0v) is 17.7. The summed E-state index contributed by atoms with van der Waals surface area (Å²) in [7, 11) is 0. The molecule has 8 heteroatoms. The van der Waals surface area contributed by atoms with E-state index in [1.54, 1.807) is 12.1 Å². The molecule has 0 saturated carbocycles. The normalized spacial score (nSPS) is 13.8. The van der Waals surface area contributed by atoms with Crippen LogP contribution in [0.25, 0.3) is 0 Å². The summed E-state index contributed by atoms with van der Waals surface area (Å²) >= 11 is 0. The Balaban J connectivity index is 1.47. The average molecular weight is 430 g/mol. The number of nitrogens with zero attached hydrogens (tertiary/aromatic N) is 2. The maximum atomic E-state index is 13.2. The SMILES string of the molecule is CCCCCC(=O)N1CCN(c2ccc(NC(=O)Nc3ccc(F)c(F)c3)cc2)CC1. The van der Waals surface area contributed by atoms with Gasteiger partial charge >= 0.3 is 6.03 Å². The highest BCUT2D eigenvalue weighted by atomic mass is 19.2. The lowest BCUT2D eigenvalue weighted by molar-refractivity contribution is -0.131. The molecule has 2 aromatic rings. The van der Waals surface area contributed by atoms with E-state index >= 15 is 0 Å². The van der Waals surface area contributed by atoms with E-state index in [0.717, 1.165) is 50.2 Å². The first-order valence-electron chi connectivity index (χ1n) is 10.6. The van der Waals surface area contributed by atoms with Gasteiger partial charge in [-0.3, -0.25) is 4.79 Å². The number of piperazine rings is 1. The number of amides is 3. The second-order valence-electron chi connectivity index (χ2n) is 7.58. The van der Waals surface area contributed by atoms with Gasteiger partial charge in [-0.25, -0.2) is 13.6 Å². The minimum Gasteiger partial charge on any atom is -0.368 e. The molecule has 3 rings (SSSR count). The molecule has 1 aliphatic rings. The summed E-state index contributed by atoms with van der Waals surface area (Å²) in [4.78, 5) is 28.5. The van der Waals surface area contributed by atoms with Gasteiger partial charge in [-0.05, 0) is 42.8 Å². The highest BCUT2D eigenvalue weighted by molar-refractivity contribution is 5.99. The molecule has 0 unspecified atom stereocenters. The molecule has 1 saturated heterocycles. The standard InChI is InChI=1S/C23H28F2N4O2/c1-2-3-4-5-22(30)29-14-12-28(13-15-29)19-9-6-17(7-10-19)26-23(31)27-18-8-11-20(24)21(25)16-18/h6-11,16H,2-5,12-15H2,1H3,(H2,26,27,31). The molecule has 0 aliphatic carbocycles. The van der Waals surface area contributed by atoms with E-state index < -0.39 is 17.7 Å². The number of hydrogen-bond acceptors (Lipinski definition) is 3. The molecular formula is C23H28F2N4O2. The third-order valence-electron chi connectivity index (χ3n) is 5.29. The Kier molecular flexibility index (Phi) is 7.81. The van der Waals surface area contributed by atoms with E-state index in [9.17, 15) is 18.4 Å². The van der Waals surface area contributed by atoms with Crippen LogP contribution in [0, 0.1) is 11.6 Å². The van der Waals surface area contributed by atoms with Gasteiger partial charge in [0.15, 0.2) is 11.6 Å². The number of carbonyl (C=O) groups excluding carboxylic acids is 2. The topological polar surface area (TPSA) is 64.7 Å². The highest BCUT2D eigenvalue weighted by Crippen LogP contribution is 2.20. The lowest BCUT2D eigenvalue weighted by atomic mass is 10.1. The first-order chi connectivity index (χ1) is 15.0. The Morgan fingerprint density at radius 1 is 0.871 bits per heavy atom. The van der Waals surface area contributed by atoms with Crippen LogP contribution in [0.5, 0.6) is 0 Å². The Labute approximate surface area is 181 Å². The fourth-order valence-electron chi connectivity index (χ4n) is 3.52. The Morgan fingerprint density at radius 2 is 1.52 bits per heavy atom. The molecule has 6 nitrogen and oxygen atoms in total. The lowest BCUT2D eigenvalue weighted by Crippen LogP contribution is -2.48. The first-order valence-corrected chi connectivity index (χ1v) is 10.6. The monoisotopic (exact) mass is 430 g/mol. The van der Waals surface area contributed by atoms with Gasteiger partial charge in [0.1, 0.15) is 0 Å². The summed E-state index contributed by atoms with van der Waals surface area (Å²) in [6.07, 6.45) is 3.78. The number of unbranched alkanes of at least 4 members (excludes halogenated alkanes) is 2. The predicted octanol–water partition coefficient (Wildman–Crippen LogP) is 4.84. The van der Waals surface area contributed by atoms with Crippen molar-refractivity contribution in [2.75, 3.05) is 41.7 Å². The van der Waals surface area contributed by atoms with Gasteiger partial charge in [-0.2, -0.15) is 0 Å². The number of hydrogen-bond donors (Lipinski definition) is 2. The number of carbonyl (C=O) groups is 2. The minimum atomic E-state index is -1.02. The summed E-state index contributed by atoms with van der Waals surface area (Å²) < 4.78 is 26.2. The van der Waals surface area contributed by atoms with Crippen molar-refractivity contribution in [2.45, 2.75) is 32.6 Å². The van der Waals surface area contributed by atoms with Crippen molar-refractivity contribution in [3.05, 3.63) is 54.1 Å². The molecule has 0 bridgehead atoms. The second-order valence-corrected chi connectivity index (χ2v) is 7.58. The Morgan fingerprint density at radius 3 is 2.16 bits per heavy atom. The highest BCUT2D eigenvalue weighted by Gasteiger charge is 2.20. The first kappa shape index (κ1) is 22.5. The van der Waals surface area contributed by atoms with E-state index in [2.05, 4.69) is 22.5 Å². The molecule has 1 heterocycles. The molecule has 1 fully saturated rings. The second kappa shape index (κ2) is 10.7. The average Bonchev–Trinajstić information content (AvgIpc) is 2.77. The van der Waals surface area contributed by atoms with E-state index in [1.165, 1.54) is 6.07 Å². The number of urea groups is 1. The zero-order valence-electron chi connectivity index (χ0n) is 17.7. The van der Waals surface area contributed by atoms with Crippen LogP contribution in [-0.2, 0) is 4.79 Å². The molecule has 0 spiro atoms. The predicted molar refractivity (Wildman–Crippen MR) is 118 cm³/mol. The fourth-order valence-corrected chi connectivity index (χ4v) is 3.52. The van der Waals surface area contributed by atoms with Gasteiger partial charge in [0, 0.05) is 55.7 Å². The lowest BCUT2D eigenvalue weighted by Gasteiger charge is -2.36. The Hall–Kier alpha value is -3.16. The minimum absolute atomic E-state index is 0.162. The maximum Gasteiger partial charge on any atom is 0.323 e. The summed E-state index contributed by atoms with van der Waals surface area (Å²) in [5, 5.41) is 5.13. The molecule has 166 valence electrons. The molecular weight excluding hydrogens is 402 g/mol. The van der Waals surface area contributed by atoms with Gasteiger partial charge in [-0.1, -0.05) is 19.8 Å². The van der Waals surface area contributed by atoms with Crippen LogP contribution in [0.3, 0.4) is 0 Å². The van der Waals surface area contributed by atoms with Crippen molar-refractivity contribution in [3.63, 3.8) is 0 Å². The van der Waals surface area contributed by atoms with E-state index in [-0.39, 0.29) is 11.6 Å². The van der Waals surface area contributed by atoms with Gasteiger partial charge < -0.3 is 20.4 Å². The summed E-state index contributed by atoms with van der Waals surface area (Å²) in [6, 6.07) is 10.00. The summed E-state index contributed by atoms with van der Waals surface area (Å²) in [6.45, 7) is 5.08. The van der Waals surface area contributed by atoms with Crippen LogP contribution < -0.4 is 15.5 Å². The molecule has 0 atom stereocenters. The molecule has 0 aromatic heterocycles. The van der Waals surface area contributed by atoms with Crippen molar-refractivity contribution >= 4 is 29.0 Å². The largest absolute Gasteiger partial charge is 0.368 e. The zero-order chi connectivity index (χ0) is 22.2. The molecule has 3 amide bonds. The number of anilines is 3. The van der Waals surface area contributed by atoms with Crippen molar-refractivity contribution < 1.29 is 18.4 Å². The van der Waals surface area contributed by atoms with E-state index in [1.807, 2.05) is 17.0 Å². The number of nitrogens with one attached hydrogen (secondary N) is 2. The van der Waals surface area contributed by atoms with Crippen molar-refractivity contribution in [3.8, 4) is 0 Å². The number of benzene rings is 2. The van der Waals surface area contributed by atoms with Crippen molar-refractivity contribution in [1.29, 1.82) is 0 Å². The number of halogens is 2. The molecule has 2 N–H and O–H groups in total. The van der Waals surface area contributed by atoms with Crippen LogP contribution in [0.15, 0.2) is 42.5 Å². The summed E-state index contributed by atoms with van der Waals surface area (Å²) in [5.41, 5.74) is 1.76. The van der Waals surface area contributed by atoms with Gasteiger partial charge in [0.25, 0.3) is 0 Å². The quantitative estimate of drug-likeness (QED) is 0.618. The summed E-state index contributed by atoms with van der Waals surface area (Å²) in [5.74, 6) is -1.76. The molecule has 0 radical (unpaired) electrons. The van der Waals surface area contributed by atoms with Gasteiger partial charge in [0.05, 0.1) is 0 Å². The Bertz CT molecular complexity index is 897. The maximum absolute atomic E-state index is 13.2. The van der Waals surface area contributed by atoms with Crippen LogP contribution in [0.2, 0.25) is 0 Å². The van der Waals surface area contributed by atoms with Crippen LogP contribution in [-0.4, -0.2) is 43.0 Å². The van der Waals surface area contributed by atoms with E-state index in [4.69, 9.17) is 0 Å². The smallest absolute Gasteiger partial charge is 0.323 e. The third kappa shape index (κ3) is 6.41. The fraction of sp³-hybridized carbons (Fsp3) is 0.391. The molecule has 31 heavy (non-hydrogen) atoms. The molecule has 1 aliphatic heterocycles.